The van der Waals surface area contributed by atoms with E-state index in [2.05, 4.69) is 0 Å². The van der Waals surface area contributed by atoms with Gasteiger partial charge >= 0.3 is 0 Å². The van der Waals surface area contributed by atoms with E-state index in [4.69, 9.17) is 23.2 Å². The smallest absolute Gasteiger partial charge is 0.269 e. The van der Waals surface area contributed by atoms with Crippen LogP contribution in [0.2, 0.25) is 10.0 Å². The van der Waals surface area contributed by atoms with Gasteiger partial charge in [-0.15, -0.1) is 0 Å². The molecule has 0 saturated heterocycles. The molecule has 2 aromatic rings. The zero-order valence-electron chi connectivity index (χ0n) is 13.6. The van der Waals surface area contributed by atoms with Gasteiger partial charge in [-0.1, -0.05) is 41.4 Å². The average Bonchev–Trinajstić information content (AvgIpc) is 2.79. The Morgan fingerprint density at radius 3 is 2.46 bits per heavy atom. The number of sulfonamides is 1. The summed E-state index contributed by atoms with van der Waals surface area (Å²) in [5, 5.41) is 0.758. The molecule has 3 rings (SSSR count). The summed E-state index contributed by atoms with van der Waals surface area (Å²) in [6.45, 7) is -0.363. The summed E-state index contributed by atoms with van der Waals surface area (Å²) >= 11 is 11.8. The lowest BCUT2D eigenvalue weighted by Gasteiger charge is -2.21. The number of rotatable bonds is 4. The van der Waals surface area contributed by atoms with Gasteiger partial charge in [-0.3, -0.25) is 9.59 Å². The third-order valence-corrected chi connectivity index (χ3v) is 6.55. The van der Waals surface area contributed by atoms with E-state index in [0.29, 0.717) is 14.4 Å². The molecule has 6 nitrogen and oxygen atoms in total. The normalized spacial score (nSPS) is 15.0. The number of benzene rings is 2. The van der Waals surface area contributed by atoms with E-state index < -0.39 is 28.4 Å². The van der Waals surface area contributed by atoms with Crippen molar-refractivity contribution in [1.82, 2.24) is 9.21 Å². The number of nitrogens with zero attached hydrogens (tertiary/aromatic N) is 2. The fourth-order valence-corrected chi connectivity index (χ4v) is 4.47. The highest BCUT2D eigenvalue weighted by Crippen LogP contribution is 2.29. The van der Waals surface area contributed by atoms with Crippen molar-refractivity contribution in [2.24, 2.45) is 0 Å². The predicted octanol–water partition coefficient (Wildman–Crippen LogP) is 2.80. The van der Waals surface area contributed by atoms with Crippen LogP contribution in [0.15, 0.2) is 47.4 Å². The van der Waals surface area contributed by atoms with Gasteiger partial charge in [0.1, 0.15) is 11.4 Å². The monoisotopic (exact) mass is 412 g/mol. The molecule has 1 heterocycles. The summed E-state index contributed by atoms with van der Waals surface area (Å²) in [6, 6.07) is 10.8. The van der Waals surface area contributed by atoms with Crippen molar-refractivity contribution < 1.29 is 18.0 Å². The Balaban J connectivity index is 1.75. The largest absolute Gasteiger partial charge is 0.340 e. The van der Waals surface area contributed by atoms with Gasteiger partial charge in [0.2, 0.25) is 5.91 Å². The van der Waals surface area contributed by atoms with Gasteiger partial charge in [0.25, 0.3) is 15.9 Å². The van der Waals surface area contributed by atoms with Crippen molar-refractivity contribution in [1.29, 1.82) is 0 Å². The molecular weight excluding hydrogens is 399 g/mol. The zero-order chi connectivity index (χ0) is 19.1. The van der Waals surface area contributed by atoms with E-state index in [-0.39, 0.29) is 17.0 Å². The van der Waals surface area contributed by atoms with Crippen LogP contribution in [0.3, 0.4) is 0 Å². The van der Waals surface area contributed by atoms with Gasteiger partial charge < -0.3 is 4.90 Å². The number of fused-ring (bicyclic) bond motifs is 1. The van der Waals surface area contributed by atoms with Gasteiger partial charge in [-0.25, -0.2) is 12.7 Å². The van der Waals surface area contributed by atoms with Crippen LogP contribution in [-0.2, 0) is 21.4 Å². The molecule has 0 atom stereocenters. The third kappa shape index (κ3) is 3.30. The average molecular weight is 413 g/mol. The molecule has 0 unspecified atom stereocenters. The minimum Gasteiger partial charge on any atom is -0.340 e. The Morgan fingerprint density at radius 2 is 1.81 bits per heavy atom. The molecule has 1 aliphatic heterocycles. The van der Waals surface area contributed by atoms with Crippen molar-refractivity contribution in [2.45, 2.75) is 11.4 Å². The van der Waals surface area contributed by atoms with Crippen LogP contribution in [0.1, 0.15) is 15.9 Å². The first kappa shape index (κ1) is 18.7. The first-order chi connectivity index (χ1) is 12.2. The molecule has 9 heteroatoms. The number of halogens is 2. The topological polar surface area (TPSA) is 74.8 Å². The molecule has 0 saturated carbocycles. The van der Waals surface area contributed by atoms with Crippen LogP contribution in [0.4, 0.5) is 0 Å². The molecule has 0 aromatic heterocycles. The van der Waals surface area contributed by atoms with Crippen molar-refractivity contribution in [3.8, 4) is 0 Å². The van der Waals surface area contributed by atoms with E-state index >= 15 is 0 Å². The first-order valence-corrected chi connectivity index (χ1v) is 9.75. The lowest BCUT2D eigenvalue weighted by Crippen LogP contribution is -2.40. The van der Waals surface area contributed by atoms with Gasteiger partial charge in [-0.05, 0) is 29.8 Å². The number of amides is 2. The van der Waals surface area contributed by atoms with Crippen LogP contribution in [0.25, 0.3) is 0 Å². The number of likely N-dealkylation sites (N-methyl/N-ethyl adjacent to an activating group) is 1. The maximum Gasteiger partial charge on any atom is 0.269 e. The lowest BCUT2D eigenvalue weighted by molar-refractivity contribution is -0.130. The summed E-state index contributed by atoms with van der Waals surface area (Å²) in [5.41, 5.74) is 0.807. The summed E-state index contributed by atoms with van der Waals surface area (Å²) < 4.78 is 25.6. The first-order valence-electron chi connectivity index (χ1n) is 7.56. The maximum atomic E-state index is 12.5. The fraction of sp³-hybridized carbons (Fsp3) is 0.176. The van der Waals surface area contributed by atoms with Crippen LogP contribution >= 0.6 is 23.2 Å². The van der Waals surface area contributed by atoms with E-state index in [1.165, 1.54) is 30.1 Å². The minimum atomic E-state index is -4.01. The second-order valence-electron chi connectivity index (χ2n) is 5.81. The highest BCUT2D eigenvalue weighted by Gasteiger charge is 2.42. The van der Waals surface area contributed by atoms with E-state index in [9.17, 15) is 18.0 Å². The summed E-state index contributed by atoms with van der Waals surface area (Å²) in [6.07, 6.45) is 0. The quantitative estimate of drug-likeness (QED) is 0.773. The summed E-state index contributed by atoms with van der Waals surface area (Å²) in [5.74, 6) is -1.21. The highest BCUT2D eigenvalue weighted by atomic mass is 35.5. The third-order valence-electron chi connectivity index (χ3n) is 4.02. The molecule has 26 heavy (non-hydrogen) atoms. The summed E-state index contributed by atoms with van der Waals surface area (Å²) in [4.78, 5) is 26.0. The van der Waals surface area contributed by atoms with E-state index in [1.54, 1.807) is 24.3 Å². The van der Waals surface area contributed by atoms with Crippen LogP contribution in [0, 0.1) is 0 Å². The predicted molar refractivity (Wildman–Crippen MR) is 97.6 cm³/mol. The van der Waals surface area contributed by atoms with Crippen molar-refractivity contribution in [3.63, 3.8) is 0 Å². The van der Waals surface area contributed by atoms with Gasteiger partial charge in [0.05, 0.1) is 15.6 Å². The molecule has 0 radical (unpaired) electrons. The maximum absolute atomic E-state index is 12.5. The fourth-order valence-electron chi connectivity index (χ4n) is 2.63. The second kappa shape index (κ2) is 6.90. The Morgan fingerprint density at radius 1 is 1.12 bits per heavy atom. The van der Waals surface area contributed by atoms with E-state index in [0.717, 1.165) is 5.56 Å². The van der Waals surface area contributed by atoms with Gasteiger partial charge in [-0.2, -0.15) is 0 Å². The molecule has 0 aliphatic carbocycles. The molecule has 0 fully saturated rings. The Bertz CT molecular complexity index is 1010. The molecule has 136 valence electrons. The zero-order valence-corrected chi connectivity index (χ0v) is 16.0. The molecular formula is C17H14Cl2N2O4S. The number of carbonyl (C=O) groups is 2. The van der Waals surface area contributed by atoms with Crippen molar-refractivity contribution in [2.75, 3.05) is 13.6 Å². The van der Waals surface area contributed by atoms with Crippen LogP contribution in [-0.4, -0.2) is 43.0 Å². The summed E-state index contributed by atoms with van der Waals surface area (Å²) in [7, 11) is -2.49. The van der Waals surface area contributed by atoms with Crippen molar-refractivity contribution in [3.05, 3.63) is 63.6 Å². The number of hydrogen-bond donors (Lipinski definition) is 0. The van der Waals surface area contributed by atoms with E-state index in [1.807, 2.05) is 0 Å². The lowest BCUT2D eigenvalue weighted by atomic mass is 10.2. The minimum absolute atomic E-state index is 0.0763. The van der Waals surface area contributed by atoms with Gasteiger partial charge in [0, 0.05) is 13.6 Å². The molecule has 0 N–H and O–H groups in total. The molecule has 0 bridgehead atoms. The Kier molecular flexibility index (Phi) is 4.96. The highest BCUT2D eigenvalue weighted by molar-refractivity contribution is 7.90. The Labute approximate surface area is 161 Å². The molecule has 0 spiro atoms. The van der Waals surface area contributed by atoms with Gasteiger partial charge in [0.15, 0.2) is 0 Å². The number of carbonyl (C=O) groups excluding carboxylic acids is 2. The van der Waals surface area contributed by atoms with Crippen LogP contribution < -0.4 is 0 Å². The van der Waals surface area contributed by atoms with Crippen LogP contribution in [0.5, 0.6) is 0 Å². The standard InChI is InChI=1S/C17H14Cl2N2O4S/c1-20(9-11-6-7-13(18)14(19)8-11)16(22)10-21-17(23)12-4-2-3-5-15(12)26(21,24)25/h2-8H,9-10H2,1H3. The number of hydrogen-bond acceptors (Lipinski definition) is 4. The molecule has 1 aliphatic rings. The molecule has 2 amide bonds. The second-order valence-corrected chi connectivity index (χ2v) is 8.46. The molecule has 2 aromatic carbocycles. The SMILES string of the molecule is CN(Cc1ccc(Cl)c(Cl)c1)C(=O)CN1C(=O)c2ccccc2S1(=O)=O. The Hall–Kier alpha value is -2.09. The van der Waals surface area contributed by atoms with Crippen molar-refractivity contribution >= 4 is 45.0 Å².